The molecule has 1 aliphatic heterocycles. The molecule has 0 radical (unpaired) electrons. The van der Waals surface area contributed by atoms with Crippen molar-refractivity contribution in [1.29, 1.82) is 0 Å². The number of hydrogen-bond donors (Lipinski definition) is 1. The summed E-state index contributed by atoms with van der Waals surface area (Å²) in [7, 11) is 3.61. The Bertz CT molecular complexity index is 599. The Morgan fingerprint density at radius 3 is 2.81 bits per heavy atom. The van der Waals surface area contributed by atoms with Gasteiger partial charge in [-0.2, -0.15) is 15.0 Å². The summed E-state index contributed by atoms with van der Waals surface area (Å²) in [4.78, 5) is 12.0. The van der Waals surface area contributed by atoms with E-state index in [2.05, 4.69) is 32.0 Å². The number of aromatic amines is 1. The fraction of sp³-hybridized carbons (Fsp3) is 0.643. The highest BCUT2D eigenvalue weighted by Crippen LogP contribution is 2.33. The van der Waals surface area contributed by atoms with E-state index in [0.29, 0.717) is 0 Å². The summed E-state index contributed by atoms with van der Waals surface area (Å²) in [6, 6.07) is 0.240. The lowest BCUT2D eigenvalue weighted by molar-refractivity contribution is 0.107. The second kappa shape index (κ2) is 5.57. The zero-order valence-corrected chi connectivity index (χ0v) is 13.0. The van der Waals surface area contributed by atoms with E-state index >= 15 is 0 Å². The van der Waals surface area contributed by atoms with Gasteiger partial charge in [-0.15, -0.1) is 0 Å². The Balaban J connectivity index is 1.81. The van der Waals surface area contributed by atoms with Gasteiger partial charge in [0.15, 0.2) is 0 Å². The van der Waals surface area contributed by atoms with Crippen molar-refractivity contribution < 1.29 is 4.74 Å². The first-order valence-electron chi connectivity index (χ1n) is 7.22. The Morgan fingerprint density at radius 2 is 2.24 bits per heavy atom. The third kappa shape index (κ3) is 2.84. The van der Waals surface area contributed by atoms with Crippen molar-refractivity contribution in [1.82, 2.24) is 29.9 Å². The molecule has 0 amide bonds. The predicted octanol–water partition coefficient (Wildman–Crippen LogP) is 1.12. The van der Waals surface area contributed by atoms with E-state index in [-0.39, 0.29) is 12.1 Å². The summed E-state index contributed by atoms with van der Waals surface area (Å²) in [6.45, 7) is 5.74. The maximum Gasteiger partial charge on any atom is 0.124 e. The molecule has 0 unspecified atom stereocenters. The van der Waals surface area contributed by atoms with Crippen LogP contribution in [0.4, 0.5) is 0 Å². The van der Waals surface area contributed by atoms with E-state index < -0.39 is 0 Å². The van der Waals surface area contributed by atoms with Gasteiger partial charge < -0.3 is 9.72 Å². The van der Waals surface area contributed by atoms with E-state index in [1.54, 1.807) is 11.9 Å². The third-order valence-electron chi connectivity index (χ3n) is 4.17. The Kier molecular flexibility index (Phi) is 3.77. The molecule has 2 atom stereocenters. The Hall–Kier alpha value is -1.73. The molecule has 1 aliphatic rings. The van der Waals surface area contributed by atoms with Gasteiger partial charge in [0.25, 0.3) is 0 Å². The highest BCUT2D eigenvalue weighted by molar-refractivity contribution is 5.15. The first-order chi connectivity index (χ1) is 10.1. The van der Waals surface area contributed by atoms with E-state index in [9.17, 15) is 0 Å². The molecule has 3 rings (SSSR count). The molecule has 0 saturated carbocycles. The molecular formula is C14H22N6O. The second-order valence-corrected chi connectivity index (χ2v) is 5.70. The van der Waals surface area contributed by atoms with Gasteiger partial charge in [-0.05, 0) is 20.3 Å². The maximum atomic E-state index is 5.55. The monoisotopic (exact) mass is 290 g/mol. The molecule has 1 fully saturated rings. The fourth-order valence-electron chi connectivity index (χ4n) is 2.89. The molecule has 114 valence electrons. The molecule has 0 spiro atoms. The Labute approximate surface area is 124 Å². The summed E-state index contributed by atoms with van der Waals surface area (Å²) in [5, 5.41) is 8.51. The maximum absolute atomic E-state index is 5.55. The molecular weight excluding hydrogens is 268 g/mol. The normalized spacial score (nSPS) is 23.0. The van der Waals surface area contributed by atoms with Crippen LogP contribution in [0.25, 0.3) is 0 Å². The number of aryl methyl sites for hydroxylation is 3. The van der Waals surface area contributed by atoms with Crippen LogP contribution in [0.3, 0.4) is 0 Å². The van der Waals surface area contributed by atoms with E-state index in [1.165, 1.54) is 0 Å². The van der Waals surface area contributed by atoms with Gasteiger partial charge >= 0.3 is 0 Å². The standard InChI is InChI=1S/C14H22N6O/c1-9-10(2)17-14(16-9)13-5-12(21-4)8-20(13)7-11-6-15-19(3)18-11/h6,12-13H,5,7-8H2,1-4H3,(H,16,17)/t12-,13+/m1/s1. The molecule has 1 saturated heterocycles. The van der Waals surface area contributed by atoms with Gasteiger partial charge in [0.2, 0.25) is 0 Å². The molecule has 0 aromatic carbocycles. The van der Waals surface area contributed by atoms with Crippen molar-refractivity contribution in [3.8, 4) is 0 Å². The van der Waals surface area contributed by atoms with Gasteiger partial charge in [0, 0.05) is 32.9 Å². The largest absolute Gasteiger partial charge is 0.380 e. The molecule has 0 bridgehead atoms. The summed E-state index contributed by atoms with van der Waals surface area (Å²) >= 11 is 0. The minimum Gasteiger partial charge on any atom is -0.380 e. The van der Waals surface area contributed by atoms with Crippen molar-refractivity contribution in [2.45, 2.75) is 39.0 Å². The lowest BCUT2D eigenvalue weighted by Crippen LogP contribution is -2.25. The highest BCUT2D eigenvalue weighted by Gasteiger charge is 2.35. The average molecular weight is 290 g/mol. The van der Waals surface area contributed by atoms with Crippen molar-refractivity contribution >= 4 is 0 Å². The predicted molar refractivity (Wildman–Crippen MR) is 77.6 cm³/mol. The van der Waals surface area contributed by atoms with Crippen LogP contribution in [0, 0.1) is 13.8 Å². The Morgan fingerprint density at radius 1 is 1.43 bits per heavy atom. The van der Waals surface area contributed by atoms with Crippen molar-refractivity contribution in [2.24, 2.45) is 7.05 Å². The van der Waals surface area contributed by atoms with Crippen molar-refractivity contribution in [2.75, 3.05) is 13.7 Å². The number of likely N-dealkylation sites (tertiary alicyclic amines) is 1. The van der Waals surface area contributed by atoms with Crippen LogP contribution in [0.15, 0.2) is 6.20 Å². The average Bonchev–Trinajstić information content (AvgIpc) is 3.12. The van der Waals surface area contributed by atoms with Gasteiger partial charge in [-0.25, -0.2) is 4.98 Å². The zero-order valence-electron chi connectivity index (χ0n) is 13.0. The van der Waals surface area contributed by atoms with Crippen LogP contribution < -0.4 is 0 Å². The van der Waals surface area contributed by atoms with Crippen LogP contribution >= 0.6 is 0 Å². The van der Waals surface area contributed by atoms with E-state index in [0.717, 1.165) is 42.4 Å². The minimum absolute atomic E-state index is 0.234. The lowest BCUT2D eigenvalue weighted by atomic mass is 10.2. The molecule has 2 aromatic heterocycles. The van der Waals surface area contributed by atoms with Crippen LogP contribution in [0.1, 0.15) is 35.4 Å². The van der Waals surface area contributed by atoms with Crippen LogP contribution in [-0.4, -0.2) is 49.6 Å². The molecule has 2 aromatic rings. The van der Waals surface area contributed by atoms with Crippen LogP contribution in [0.2, 0.25) is 0 Å². The number of hydrogen-bond acceptors (Lipinski definition) is 5. The van der Waals surface area contributed by atoms with Crippen molar-refractivity contribution in [3.05, 3.63) is 29.1 Å². The quantitative estimate of drug-likeness (QED) is 0.913. The number of aromatic nitrogens is 5. The lowest BCUT2D eigenvalue weighted by Gasteiger charge is -2.21. The molecule has 1 N–H and O–H groups in total. The number of nitrogens with zero attached hydrogens (tertiary/aromatic N) is 5. The van der Waals surface area contributed by atoms with Gasteiger partial charge in [0.1, 0.15) is 5.82 Å². The smallest absolute Gasteiger partial charge is 0.124 e. The third-order valence-corrected chi connectivity index (χ3v) is 4.17. The topological polar surface area (TPSA) is 71.9 Å². The number of H-pyrrole nitrogens is 1. The number of methoxy groups -OCH3 is 1. The van der Waals surface area contributed by atoms with Gasteiger partial charge in [0.05, 0.1) is 29.7 Å². The number of nitrogens with one attached hydrogen (secondary N) is 1. The SMILES string of the molecule is CO[C@@H]1C[C@@H](c2nc(C)c(C)[nH]2)N(Cc2cnn(C)n2)C1. The summed E-state index contributed by atoms with van der Waals surface area (Å²) in [5.41, 5.74) is 3.16. The summed E-state index contributed by atoms with van der Waals surface area (Å²) in [6.07, 6.45) is 3.00. The first kappa shape index (κ1) is 14.2. The van der Waals surface area contributed by atoms with Crippen molar-refractivity contribution in [3.63, 3.8) is 0 Å². The molecule has 3 heterocycles. The number of ether oxygens (including phenoxy) is 1. The molecule has 7 nitrogen and oxygen atoms in total. The second-order valence-electron chi connectivity index (χ2n) is 5.70. The van der Waals surface area contributed by atoms with E-state index in [4.69, 9.17) is 4.74 Å². The van der Waals surface area contributed by atoms with Gasteiger partial charge in [-0.3, -0.25) is 4.90 Å². The highest BCUT2D eigenvalue weighted by atomic mass is 16.5. The molecule has 0 aliphatic carbocycles. The van der Waals surface area contributed by atoms with Gasteiger partial charge in [-0.1, -0.05) is 0 Å². The summed E-state index contributed by atoms with van der Waals surface area (Å²) in [5.74, 6) is 1.02. The number of imidazole rings is 1. The van der Waals surface area contributed by atoms with Crippen LogP contribution in [0.5, 0.6) is 0 Å². The zero-order chi connectivity index (χ0) is 15.0. The summed E-state index contributed by atoms with van der Waals surface area (Å²) < 4.78 is 5.55. The minimum atomic E-state index is 0.234. The van der Waals surface area contributed by atoms with E-state index in [1.807, 2.05) is 20.2 Å². The van der Waals surface area contributed by atoms with Crippen LogP contribution in [-0.2, 0) is 18.3 Å². The fourth-order valence-corrected chi connectivity index (χ4v) is 2.89. The molecule has 7 heteroatoms. The number of rotatable bonds is 4. The molecule has 21 heavy (non-hydrogen) atoms. The first-order valence-corrected chi connectivity index (χ1v) is 7.22.